The molecule has 24 heavy (non-hydrogen) atoms. The predicted octanol–water partition coefficient (Wildman–Crippen LogP) is 2.70. The molecule has 1 aromatic rings. The number of hydrogen-bond donors (Lipinski definition) is 2. The zero-order valence-electron chi connectivity index (χ0n) is 13.4. The number of hydrogen-bond acceptors (Lipinski definition) is 4. The summed E-state index contributed by atoms with van der Waals surface area (Å²) in [5.41, 5.74) is 0.948. The third-order valence-corrected chi connectivity index (χ3v) is 4.37. The molecular formula is C16H20ClN3O4. The van der Waals surface area contributed by atoms with Crippen molar-refractivity contribution in [3.8, 4) is 5.75 Å². The van der Waals surface area contributed by atoms with E-state index < -0.39 is 0 Å². The molecular weight excluding hydrogens is 334 g/mol. The first-order valence-electron chi connectivity index (χ1n) is 8.00. The normalized spacial score (nSPS) is 19.2. The predicted molar refractivity (Wildman–Crippen MR) is 90.8 cm³/mol. The summed E-state index contributed by atoms with van der Waals surface area (Å²) in [6.45, 7) is 3.74. The molecule has 1 atom stereocenters. The van der Waals surface area contributed by atoms with Crippen molar-refractivity contribution in [2.75, 3.05) is 36.9 Å². The van der Waals surface area contributed by atoms with Gasteiger partial charge in [-0.2, -0.15) is 0 Å². The first-order chi connectivity index (χ1) is 11.6. The van der Waals surface area contributed by atoms with Gasteiger partial charge in [-0.25, -0.2) is 4.79 Å². The van der Waals surface area contributed by atoms with E-state index >= 15 is 0 Å². The third-order valence-electron chi connectivity index (χ3n) is 4.06. The van der Waals surface area contributed by atoms with Crippen LogP contribution in [-0.4, -0.2) is 49.2 Å². The van der Waals surface area contributed by atoms with Crippen molar-refractivity contribution in [2.45, 2.75) is 25.9 Å². The summed E-state index contributed by atoms with van der Waals surface area (Å²) in [5.74, 6) is 0.251. The first-order valence-corrected chi connectivity index (χ1v) is 8.38. The number of carbonyl (C=O) groups excluding carboxylic acids is 2. The van der Waals surface area contributed by atoms with E-state index in [9.17, 15) is 9.59 Å². The minimum absolute atomic E-state index is 0.0534. The molecule has 0 spiro atoms. The number of benzene rings is 1. The quantitative estimate of drug-likeness (QED) is 0.872. The molecule has 3 amide bonds. The molecule has 2 aliphatic heterocycles. The van der Waals surface area contributed by atoms with Crippen molar-refractivity contribution >= 4 is 34.9 Å². The Morgan fingerprint density at radius 1 is 1.50 bits per heavy atom. The maximum absolute atomic E-state index is 12.5. The van der Waals surface area contributed by atoms with Crippen LogP contribution in [0.1, 0.15) is 19.8 Å². The number of carbonyl (C=O) groups is 2. The number of ether oxygens (including phenoxy) is 2. The van der Waals surface area contributed by atoms with Crippen molar-refractivity contribution in [2.24, 2.45) is 0 Å². The number of fused-ring (bicyclic) bond motifs is 1. The highest BCUT2D eigenvalue weighted by atomic mass is 35.5. The van der Waals surface area contributed by atoms with E-state index in [0.29, 0.717) is 35.2 Å². The summed E-state index contributed by atoms with van der Waals surface area (Å²) in [7, 11) is 0. The van der Waals surface area contributed by atoms with Gasteiger partial charge in [0.25, 0.3) is 5.91 Å². The van der Waals surface area contributed by atoms with Gasteiger partial charge in [0.05, 0.1) is 22.5 Å². The van der Waals surface area contributed by atoms with Crippen LogP contribution in [0.4, 0.5) is 16.2 Å². The van der Waals surface area contributed by atoms with Crippen molar-refractivity contribution in [3.05, 3.63) is 17.2 Å². The van der Waals surface area contributed by atoms with Gasteiger partial charge in [-0.1, -0.05) is 11.6 Å². The summed E-state index contributed by atoms with van der Waals surface area (Å²) in [5, 5.41) is 5.81. The average Bonchev–Trinajstić information content (AvgIpc) is 3.06. The topological polar surface area (TPSA) is 79.9 Å². The Morgan fingerprint density at radius 3 is 3.04 bits per heavy atom. The molecule has 1 fully saturated rings. The van der Waals surface area contributed by atoms with Crippen LogP contribution in [0.25, 0.3) is 0 Å². The van der Waals surface area contributed by atoms with E-state index in [1.807, 2.05) is 6.92 Å². The van der Waals surface area contributed by atoms with Crippen LogP contribution in [0.3, 0.4) is 0 Å². The molecule has 1 aromatic carbocycles. The lowest BCUT2D eigenvalue weighted by molar-refractivity contribution is -0.118. The van der Waals surface area contributed by atoms with E-state index in [2.05, 4.69) is 10.6 Å². The Bertz CT molecular complexity index is 646. The fraction of sp³-hybridized carbons (Fsp3) is 0.500. The van der Waals surface area contributed by atoms with Crippen molar-refractivity contribution in [1.82, 2.24) is 4.90 Å². The van der Waals surface area contributed by atoms with Gasteiger partial charge in [0, 0.05) is 25.8 Å². The summed E-state index contributed by atoms with van der Waals surface area (Å²) in [6, 6.07) is 2.95. The molecule has 0 radical (unpaired) electrons. The highest BCUT2D eigenvalue weighted by molar-refractivity contribution is 6.34. The minimum atomic E-state index is -0.241. The van der Waals surface area contributed by atoms with Gasteiger partial charge in [0.1, 0.15) is 5.75 Å². The average molecular weight is 354 g/mol. The van der Waals surface area contributed by atoms with Crippen LogP contribution in [0.15, 0.2) is 12.1 Å². The van der Waals surface area contributed by atoms with E-state index in [0.717, 1.165) is 19.4 Å². The van der Waals surface area contributed by atoms with Crippen LogP contribution < -0.4 is 15.4 Å². The van der Waals surface area contributed by atoms with E-state index in [1.165, 1.54) is 0 Å². The molecule has 0 saturated carbocycles. The molecule has 130 valence electrons. The van der Waals surface area contributed by atoms with Gasteiger partial charge in [0.2, 0.25) is 0 Å². The van der Waals surface area contributed by atoms with Gasteiger partial charge >= 0.3 is 6.03 Å². The number of likely N-dealkylation sites (N-methyl/N-ethyl adjacent to an activating group) is 1. The van der Waals surface area contributed by atoms with Crippen LogP contribution in [0, 0.1) is 0 Å². The van der Waals surface area contributed by atoms with Gasteiger partial charge in [-0.3, -0.25) is 4.79 Å². The number of rotatable bonds is 4. The van der Waals surface area contributed by atoms with Gasteiger partial charge in [-0.15, -0.1) is 0 Å². The largest absolute Gasteiger partial charge is 0.482 e. The lowest BCUT2D eigenvalue weighted by Crippen LogP contribution is -2.40. The highest BCUT2D eigenvalue weighted by Gasteiger charge is 2.23. The standard InChI is InChI=1S/C16H20ClN3O4/c1-2-20(8-10-4-3-5-23-10)16(22)19-12-7-14-13(6-11(12)17)18-15(21)9-24-14/h6-7,10H,2-5,8-9H2,1H3,(H,18,21)(H,19,22). The molecule has 3 rings (SSSR count). The second-order valence-corrected chi connectivity index (χ2v) is 6.18. The Kier molecular flexibility index (Phi) is 5.11. The lowest BCUT2D eigenvalue weighted by atomic mass is 10.2. The van der Waals surface area contributed by atoms with E-state index in [4.69, 9.17) is 21.1 Å². The maximum atomic E-state index is 12.5. The fourth-order valence-electron chi connectivity index (χ4n) is 2.78. The molecule has 1 saturated heterocycles. The molecule has 2 N–H and O–H groups in total. The number of amides is 3. The number of anilines is 2. The highest BCUT2D eigenvalue weighted by Crippen LogP contribution is 2.36. The van der Waals surface area contributed by atoms with Crippen LogP contribution in [-0.2, 0) is 9.53 Å². The zero-order chi connectivity index (χ0) is 17.1. The second kappa shape index (κ2) is 7.27. The Morgan fingerprint density at radius 2 is 2.33 bits per heavy atom. The monoisotopic (exact) mass is 353 g/mol. The van der Waals surface area contributed by atoms with Gasteiger partial charge in [-0.05, 0) is 25.8 Å². The minimum Gasteiger partial charge on any atom is -0.482 e. The van der Waals surface area contributed by atoms with Crippen LogP contribution >= 0.6 is 11.6 Å². The molecule has 2 aliphatic rings. The SMILES string of the molecule is CCN(CC1CCCO1)C(=O)Nc1cc2c(cc1Cl)NC(=O)CO2. The fourth-order valence-corrected chi connectivity index (χ4v) is 2.99. The van der Waals surface area contributed by atoms with Crippen molar-refractivity contribution < 1.29 is 19.1 Å². The summed E-state index contributed by atoms with van der Waals surface area (Å²) in [4.78, 5) is 25.5. The summed E-state index contributed by atoms with van der Waals surface area (Å²) in [6.07, 6.45) is 2.09. The molecule has 0 aliphatic carbocycles. The van der Waals surface area contributed by atoms with Crippen LogP contribution in [0.5, 0.6) is 5.75 Å². The first kappa shape index (κ1) is 16.9. The van der Waals surface area contributed by atoms with Gasteiger partial charge < -0.3 is 25.0 Å². The summed E-state index contributed by atoms with van der Waals surface area (Å²) < 4.78 is 10.9. The molecule has 1 unspecified atom stereocenters. The number of urea groups is 1. The second-order valence-electron chi connectivity index (χ2n) is 5.77. The van der Waals surface area contributed by atoms with E-state index in [-0.39, 0.29) is 24.6 Å². The number of halogens is 1. The summed E-state index contributed by atoms with van der Waals surface area (Å²) >= 11 is 6.21. The Labute approximate surface area is 145 Å². The van der Waals surface area contributed by atoms with Gasteiger partial charge in [0.15, 0.2) is 6.61 Å². The Balaban J connectivity index is 1.69. The maximum Gasteiger partial charge on any atom is 0.321 e. The molecule has 0 bridgehead atoms. The zero-order valence-corrected chi connectivity index (χ0v) is 14.2. The molecule has 2 heterocycles. The molecule has 0 aromatic heterocycles. The van der Waals surface area contributed by atoms with Crippen molar-refractivity contribution in [3.63, 3.8) is 0 Å². The molecule has 8 heteroatoms. The van der Waals surface area contributed by atoms with Crippen LogP contribution in [0.2, 0.25) is 5.02 Å². The van der Waals surface area contributed by atoms with E-state index in [1.54, 1.807) is 17.0 Å². The number of nitrogens with one attached hydrogen (secondary N) is 2. The molecule has 7 nitrogen and oxygen atoms in total. The third kappa shape index (κ3) is 3.73. The lowest BCUT2D eigenvalue weighted by Gasteiger charge is -2.25. The Hall–Kier alpha value is -1.99. The number of nitrogens with zero attached hydrogens (tertiary/aromatic N) is 1. The smallest absolute Gasteiger partial charge is 0.321 e. The van der Waals surface area contributed by atoms with Crippen molar-refractivity contribution in [1.29, 1.82) is 0 Å².